The summed E-state index contributed by atoms with van der Waals surface area (Å²) >= 11 is 0. The molecule has 1 aromatic carbocycles. The number of nitrogens with one attached hydrogen (secondary N) is 1. The highest BCUT2D eigenvalue weighted by Gasteiger charge is 2.20. The van der Waals surface area contributed by atoms with Crippen molar-refractivity contribution >= 4 is 29.9 Å². The lowest BCUT2D eigenvalue weighted by atomic mass is 10.1. The zero-order valence-corrected chi connectivity index (χ0v) is 20.1. The van der Waals surface area contributed by atoms with Crippen molar-refractivity contribution in [3.63, 3.8) is 0 Å². The Morgan fingerprint density at radius 3 is 2.33 bits per heavy atom. The quantitative estimate of drug-likeness (QED) is 0.364. The third kappa shape index (κ3) is 7.95. The SMILES string of the molecule is CCNC(=NCC(C)N1CCN(CC)CC1)N(C)Cc1ccc(C)cc1.I. The first-order valence-corrected chi connectivity index (χ1v) is 10.0. The Bertz CT molecular complexity index is 552. The van der Waals surface area contributed by atoms with Crippen LogP contribution in [-0.4, -0.2) is 79.6 Å². The minimum absolute atomic E-state index is 0. The van der Waals surface area contributed by atoms with Crippen LogP contribution in [-0.2, 0) is 6.54 Å². The minimum atomic E-state index is 0. The lowest BCUT2D eigenvalue weighted by molar-refractivity contribution is 0.109. The number of hydrogen-bond donors (Lipinski definition) is 1. The van der Waals surface area contributed by atoms with Crippen LogP contribution in [0.4, 0.5) is 0 Å². The summed E-state index contributed by atoms with van der Waals surface area (Å²) in [6.07, 6.45) is 0. The number of nitrogens with zero attached hydrogens (tertiary/aromatic N) is 4. The summed E-state index contributed by atoms with van der Waals surface area (Å²) in [4.78, 5) is 12.2. The molecular formula is C21H38IN5. The van der Waals surface area contributed by atoms with Crippen molar-refractivity contribution in [3.8, 4) is 0 Å². The molecule has 1 heterocycles. The number of benzene rings is 1. The number of hydrogen-bond acceptors (Lipinski definition) is 3. The second-order valence-electron chi connectivity index (χ2n) is 7.36. The third-order valence-electron chi connectivity index (χ3n) is 5.22. The first kappa shape index (κ1) is 24.2. The molecule has 1 saturated heterocycles. The number of piperazine rings is 1. The van der Waals surface area contributed by atoms with Gasteiger partial charge >= 0.3 is 0 Å². The smallest absolute Gasteiger partial charge is 0.194 e. The first-order valence-electron chi connectivity index (χ1n) is 10.0. The van der Waals surface area contributed by atoms with Crippen LogP contribution in [0.2, 0.25) is 0 Å². The number of likely N-dealkylation sites (N-methyl/N-ethyl adjacent to an activating group) is 1. The van der Waals surface area contributed by atoms with Crippen molar-refractivity contribution in [2.45, 2.75) is 40.3 Å². The molecule has 6 heteroatoms. The second kappa shape index (κ2) is 12.6. The van der Waals surface area contributed by atoms with E-state index in [4.69, 9.17) is 4.99 Å². The highest BCUT2D eigenvalue weighted by atomic mass is 127. The number of halogens is 1. The van der Waals surface area contributed by atoms with E-state index < -0.39 is 0 Å². The van der Waals surface area contributed by atoms with Crippen LogP contribution in [0, 0.1) is 6.92 Å². The molecule has 1 aromatic rings. The lowest BCUT2D eigenvalue weighted by Crippen LogP contribution is -2.50. The first-order chi connectivity index (χ1) is 12.5. The van der Waals surface area contributed by atoms with E-state index in [2.05, 4.69) is 79.0 Å². The normalized spacial score (nSPS) is 17.3. The Balaban J connectivity index is 0.00000364. The van der Waals surface area contributed by atoms with E-state index in [1.807, 2.05) is 0 Å². The van der Waals surface area contributed by atoms with E-state index in [9.17, 15) is 0 Å². The molecule has 1 aliphatic heterocycles. The molecule has 0 bridgehead atoms. The fourth-order valence-corrected chi connectivity index (χ4v) is 3.37. The van der Waals surface area contributed by atoms with Crippen LogP contribution in [0.3, 0.4) is 0 Å². The van der Waals surface area contributed by atoms with Crippen LogP contribution < -0.4 is 5.32 Å². The average Bonchev–Trinajstić information content (AvgIpc) is 2.66. The fourth-order valence-electron chi connectivity index (χ4n) is 3.37. The van der Waals surface area contributed by atoms with Gasteiger partial charge in [-0.15, -0.1) is 24.0 Å². The molecule has 0 aliphatic carbocycles. The van der Waals surface area contributed by atoms with Crippen LogP contribution in [0.1, 0.15) is 31.9 Å². The van der Waals surface area contributed by atoms with Gasteiger partial charge in [-0.25, -0.2) is 0 Å². The Labute approximate surface area is 183 Å². The maximum absolute atomic E-state index is 4.92. The van der Waals surface area contributed by atoms with Gasteiger partial charge < -0.3 is 15.1 Å². The second-order valence-corrected chi connectivity index (χ2v) is 7.36. The molecule has 27 heavy (non-hydrogen) atoms. The summed E-state index contributed by atoms with van der Waals surface area (Å²) in [6, 6.07) is 9.22. The van der Waals surface area contributed by atoms with Crippen LogP contribution in [0.15, 0.2) is 29.3 Å². The van der Waals surface area contributed by atoms with Gasteiger partial charge in [0.05, 0.1) is 6.54 Å². The van der Waals surface area contributed by atoms with Gasteiger partial charge in [-0.3, -0.25) is 9.89 Å². The molecule has 1 unspecified atom stereocenters. The molecule has 0 radical (unpaired) electrons. The van der Waals surface area contributed by atoms with Gasteiger partial charge in [-0.1, -0.05) is 36.8 Å². The largest absolute Gasteiger partial charge is 0.357 e. The number of aliphatic imine (C=N–C) groups is 1. The Kier molecular flexibility index (Phi) is 11.3. The van der Waals surface area contributed by atoms with Crippen LogP contribution >= 0.6 is 24.0 Å². The average molecular weight is 487 g/mol. The van der Waals surface area contributed by atoms with Crippen molar-refractivity contribution in [2.75, 3.05) is 52.9 Å². The van der Waals surface area contributed by atoms with Crippen molar-refractivity contribution < 1.29 is 0 Å². The summed E-state index contributed by atoms with van der Waals surface area (Å²) < 4.78 is 0. The summed E-state index contributed by atoms with van der Waals surface area (Å²) in [5.74, 6) is 0.993. The van der Waals surface area contributed by atoms with Gasteiger partial charge in [0.2, 0.25) is 0 Å². The van der Waals surface area contributed by atoms with Gasteiger partial charge in [0.1, 0.15) is 0 Å². The molecule has 0 aromatic heterocycles. The molecule has 1 atom stereocenters. The minimum Gasteiger partial charge on any atom is -0.357 e. The molecule has 5 nitrogen and oxygen atoms in total. The maximum Gasteiger partial charge on any atom is 0.194 e. The molecule has 1 fully saturated rings. The molecule has 1 aliphatic rings. The van der Waals surface area contributed by atoms with Gasteiger partial charge in [-0.05, 0) is 32.9 Å². The van der Waals surface area contributed by atoms with Crippen molar-refractivity contribution in [2.24, 2.45) is 4.99 Å². The van der Waals surface area contributed by atoms with Crippen molar-refractivity contribution in [1.82, 2.24) is 20.0 Å². The standard InChI is InChI=1S/C21H37N5.HI/c1-6-22-21(24(5)17-20-10-8-18(3)9-11-20)23-16-19(4)26-14-12-25(7-2)13-15-26;/h8-11,19H,6-7,12-17H2,1-5H3,(H,22,23);1H. The third-order valence-corrected chi connectivity index (χ3v) is 5.22. The Morgan fingerprint density at radius 1 is 1.15 bits per heavy atom. The lowest BCUT2D eigenvalue weighted by Gasteiger charge is -2.37. The van der Waals surface area contributed by atoms with E-state index in [-0.39, 0.29) is 24.0 Å². The zero-order chi connectivity index (χ0) is 18.9. The summed E-state index contributed by atoms with van der Waals surface area (Å²) in [5.41, 5.74) is 2.61. The van der Waals surface area contributed by atoms with Crippen molar-refractivity contribution in [1.29, 1.82) is 0 Å². The summed E-state index contributed by atoms with van der Waals surface area (Å²) in [6.45, 7) is 17.2. The summed E-state index contributed by atoms with van der Waals surface area (Å²) in [7, 11) is 2.12. The highest BCUT2D eigenvalue weighted by Crippen LogP contribution is 2.08. The Morgan fingerprint density at radius 2 is 1.78 bits per heavy atom. The Hall–Kier alpha value is -0.860. The fraction of sp³-hybridized carbons (Fsp3) is 0.667. The molecule has 1 N–H and O–H groups in total. The number of guanidine groups is 1. The van der Waals surface area contributed by atoms with Gasteiger partial charge in [0.15, 0.2) is 5.96 Å². The number of aryl methyl sites for hydroxylation is 1. The van der Waals surface area contributed by atoms with Gasteiger partial charge in [0, 0.05) is 52.4 Å². The molecule has 2 rings (SSSR count). The molecule has 0 amide bonds. The van der Waals surface area contributed by atoms with Crippen LogP contribution in [0.25, 0.3) is 0 Å². The zero-order valence-electron chi connectivity index (χ0n) is 17.7. The van der Waals surface area contributed by atoms with E-state index in [0.717, 1.165) is 45.2 Å². The maximum atomic E-state index is 4.92. The van der Waals surface area contributed by atoms with Gasteiger partial charge in [-0.2, -0.15) is 0 Å². The highest BCUT2D eigenvalue weighted by molar-refractivity contribution is 14.0. The topological polar surface area (TPSA) is 34.1 Å². The van der Waals surface area contributed by atoms with Crippen molar-refractivity contribution in [3.05, 3.63) is 35.4 Å². The molecule has 0 spiro atoms. The number of rotatable bonds is 7. The molecular weight excluding hydrogens is 449 g/mol. The summed E-state index contributed by atoms with van der Waals surface area (Å²) in [5, 5.41) is 3.44. The van der Waals surface area contributed by atoms with E-state index in [0.29, 0.717) is 6.04 Å². The van der Waals surface area contributed by atoms with E-state index in [1.54, 1.807) is 0 Å². The molecule has 154 valence electrons. The monoisotopic (exact) mass is 487 g/mol. The van der Waals surface area contributed by atoms with E-state index in [1.165, 1.54) is 24.2 Å². The predicted molar refractivity (Wildman–Crippen MR) is 127 cm³/mol. The van der Waals surface area contributed by atoms with E-state index >= 15 is 0 Å². The van der Waals surface area contributed by atoms with Crippen LogP contribution in [0.5, 0.6) is 0 Å². The van der Waals surface area contributed by atoms with Gasteiger partial charge in [0.25, 0.3) is 0 Å². The predicted octanol–water partition coefficient (Wildman–Crippen LogP) is 3.04. The molecule has 0 saturated carbocycles.